The van der Waals surface area contributed by atoms with Crippen LogP contribution in [0.5, 0.6) is 11.5 Å². The molecule has 4 nitrogen and oxygen atoms in total. The molecule has 0 bridgehead atoms. The van der Waals surface area contributed by atoms with Gasteiger partial charge < -0.3 is 21.7 Å². The Balaban J connectivity index is 2.32. The smallest absolute Gasteiger partial charge is 0.122 e. The van der Waals surface area contributed by atoms with Gasteiger partial charge in [-0.25, -0.2) is 0 Å². The summed E-state index contributed by atoms with van der Waals surface area (Å²) in [5, 5.41) is 19.3. The summed E-state index contributed by atoms with van der Waals surface area (Å²) in [6.07, 6.45) is 3.17. The third kappa shape index (κ3) is 3.11. The van der Waals surface area contributed by atoms with E-state index in [9.17, 15) is 10.2 Å². The number of para-hydroxylation sites is 2. The third-order valence-corrected chi connectivity index (χ3v) is 2.83. The fraction of sp³-hybridized carbons (Fsp3) is 0. The summed E-state index contributed by atoms with van der Waals surface area (Å²) in [7, 11) is 0. The molecule has 2 rings (SSSR count). The van der Waals surface area contributed by atoms with Crippen LogP contribution in [0, 0.1) is 0 Å². The molecular formula is C16H16N2O2. The average Bonchev–Trinajstić information content (AvgIpc) is 2.43. The van der Waals surface area contributed by atoms with E-state index in [1.54, 1.807) is 60.7 Å². The summed E-state index contributed by atoms with van der Waals surface area (Å²) in [6, 6.07) is 13.6. The number of nitrogens with two attached hydrogens (primary N) is 2. The van der Waals surface area contributed by atoms with Crippen molar-refractivity contribution in [3.05, 3.63) is 71.1 Å². The zero-order valence-electron chi connectivity index (χ0n) is 10.8. The van der Waals surface area contributed by atoms with Crippen LogP contribution in [0.2, 0.25) is 0 Å². The first-order valence-corrected chi connectivity index (χ1v) is 6.08. The summed E-state index contributed by atoms with van der Waals surface area (Å²) in [5.74, 6) is 0.261. The molecule has 0 fully saturated rings. The molecule has 4 heteroatoms. The Hall–Kier alpha value is -2.88. The molecule has 0 amide bonds. The van der Waals surface area contributed by atoms with E-state index in [1.807, 2.05) is 0 Å². The van der Waals surface area contributed by atoms with Gasteiger partial charge in [-0.2, -0.15) is 0 Å². The predicted octanol–water partition coefficient (Wildman–Crippen LogP) is 2.40. The third-order valence-electron chi connectivity index (χ3n) is 2.83. The minimum Gasteiger partial charge on any atom is -0.507 e. The summed E-state index contributed by atoms with van der Waals surface area (Å²) in [6.45, 7) is 0. The van der Waals surface area contributed by atoms with Gasteiger partial charge in [0.2, 0.25) is 0 Å². The van der Waals surface area contributed by atoms with Crippen molar-refractivity contribution in [3.63, 3.8) is 0 Å². The summed E-state index contributed by atoms with van der Waals surface area (Å²) in [4.78, 5) is 0. The summed E-state index contributed by atoms with van der Waals surface area (Å²) >= 11 is 0. The fourth-order valence-corrected chi connectivity index (χ4v) is 1.72. The van der Waals surface area contributed by atoms with Crippen LogP contribution in [0.15, 0.2) is 59.9 Å². The molecule has 2 aromatic carbocycles. The second-order valence-electron chi connectivity index (χ2n) is 4.32. The molecule has 0 aliphatic carbocycles. The van der Waals surface area contributed by atoms with E-state index in [-0.39, 0.29) is 11.5 Å². The molecule has 0 unspecified atom stereocenters. The largest absolute Gasteiger partial charge is 0.507 e. The highest BCUT2D eigenvalue weighted by Crippen LogP contribution is 2.21. The molecule has 6 N–H and O–H groups in total. The normalized spacial score (nSPS) is 12.4. The highest BCUT2D eigenvalue weighted by molar-refractivity contribution is 5.68. The van der Waals surface area contributed by atoms with Crippen LogP contribution in [0.3, 0.4) is 0 Å². The number of hydrogen-bond donors (Lipinski definition) is 4. The number of aromatic hydroxyl groups is 2. The molecule has 0 aliphatic heterocycles. The Morgan fingerprint density at radius 3 is 1.40 bits per heavy atom. The molecule has 20 heavy (non-hydrogen) atoms. The molecule has 0 atom stereocenters. The number of hydrogen-bond acceptors (Lipinski definition) is 4. The van der Waals surface area contributed by atoms with E-state index in [0.717, 1.165) is 0 Å². The Morgan fingerprint density at radius 1 is 0.700 bits per heavy atom. The topological polar surface area (TPSA) is 92.5 Å². The monoisotopic (exact) mass is 268 g/mol. The lowest BCUT2D eigenvalue weighted by molar-refractivity contribution is 0.473. The Labute approximate surface area is 117 Å². The zero-order valence-corrected chi connectivity index (χ0v) is 10.8. The van der Waals surface area contributed by atoms with Crippen molar-refractivity contribution in [2.24, 2.45) is 11.5 Å². The van der Waals surface area contributed by atoms with Crippen LogP contribution in [-0.2, 0) is 0 Å². The lowest BCUT2D eigenvalue weighted by atomic mass is 10.1. The van der Waals surface area contributed by atoms with Crippen molar-refractivity contribution >= 4 is 12.2 Å². The lowest BCUT2D eigenvalue weighted by Crippen LogP contribution is -2.08. The van der Waals surface area contributed by atoms with Crippen LogP contribution in [0.1, 0.15) is 11.1 Å². The van der Waals surface area contributed by atoms with Crippen molar-refractivity contribution in [1.29, 1.82) is 0 Å². The van der Waals surface area contributed by atoms with Crippen molar-refractivity contribution in [1.82, 2.24) is 0 Å². The molecule has 102 valence electrons. The number of phenolic OH excluding ortho intramolecular Hbond substituents is 2. The molecule has 0 saturated carbocycles. The number of rotatable bonds is 3. The minimum absolute atomic E-state index is 0.130. The van der Waals surface area contributed by atoms with Gasteiger partial charge in [0.1, 0.15) is 11.5 Å². The van der Waals surface area contributed by atoms with Gasteiger partial charge in [0.05, 0.1) is 11.4 Å². The van der Waals surface area contributed by atoms with E-state index < -0.39 is 0 Å². The van der Waals surface area contributed by atoms with Gasteiger partial charge in [-0.3, -0.25) is 0 Å². The van der Waals surface area contributed by atoms with E-state index in [0.29, 0.717) is 22.5 Å². The second kappa shape index (κ2) is 5.84. The van der Waals surface area contributed by atoms with Crippen LogP contribution in [0.25, 0.3) is 12.2 Å². The molecule has 0 aromatic heterocycles. The van der Waals surface area contributed by atoms with Crippen molar-refractivity contribution in [2.45, 2.75) is 0 Å². The maximum absolute atomic E-state index is 9.67. The molecule has 2 aromatic rings. The molecule has 0 aliphatic rings. The first-order chi connectivity index (χ1) is 9.58. The van der Waals surface area contributed by atoms with Crippen LogP contribution in [-0.4, -0.2) is 10.2 Å². The standard InChI is InChI=1S/C16H16N2O2/c17-13(9-11-5-1-3-7-15(11)19)14(18)10-12-6-2-4-8-16(12)20/h1-10,19-20H,17-18H2/b13-9+,14-10+. The minimum atomic E-state index is 0.130. The molecule has 0 spiro atoms. The van der Waals surface area contributed by atoms with Crippen molar-refractivity contribution < 1.29 is 10.2 Å². The average molecular weight is 268 g/mol. The van der Waals surface area contributed by atoms with E-state index in [1.165, 1.54) is 0 Å². The highest BCUT2D eigenvalue weighted by Gasteiger charge is 2.02. The van der Waals surface area contributed by atoms with Gasteiger partial charge >= 0.3 is 0 Å². The van der Waals surface area contributed by atoms with Gasteiger partial charge in [-0.15, -0.1) is 0 Å². The van der Waals surface area contributed by atoms with Crippen molar-refractivity contribution in [3.8, 4) is 11.5 Å². The van der Waals surface area contributed by atoms with Gasteiger partial charge in [-0.1, -0.05) is 36.4 Å². The Kier molecular flexibility index (Phi) is 3.96. The van der Waals surface area contributed by atoms with E-state index >= 15 is 0 Å². The molecule has 0 saturated heterocycles. The van der Waals surface area contributed by atoms with Crippen LogP contribution in [0.4, 0.5) is 0 Å². The van der Waals surface area contributed by atoms with E-state index in [4.69, 9.17) is 11.5 Å². The number of phenols is 2. The molecule has 0 heterocycles. The first kappa shape index (κ1) is 13.5. The van der Waals surface area contributed by atoms with E-state index in [2.05, 4.69) is 0 Å². The first-order valence-electron chi connectivity index (χ1n) is 6.08. The quantitative estimate of drug-likeness (QED) is 0.643. The number of benzene rings is 2. The van der Waals surface area contributed by atoms with Crippen LogP contribution >= 0.6 is 0 Å². The highest BCUT2D eigenvalue weighted by atomic mass is 16.3. The maximum Gasteiger partial charge on any atom is 0.122 e. The fourth-order valence-electron chi connectivity index (χ4n) is 1.72. The molecular weight excluding hydrogens is 252 g/mol. The zero-order chi connectivity index (χ0) is 14.5. The van der Waals surface area contributed by atoms with Gasteiger partial charge in [0.25, 0.3) is 0 Å². The van der Waals surface area contributed by atoms with Gasteiger partial charge in [0, 0.05) is 11.1 Å². The van der Waals surface area contributed by atoms with Gasteiger partial charge in [-0.05, 0) is 24.3 Å². The summed E-state index contributed by atoms with van der Waals surface area (Å²) < 4.78 is 0. The maximum atomic E-state index is 9.67. The SMILES string of the molecule is NC(=C/c1ccccc1O)/C(N)=C\c1ccccc1O. The lowest BCUT2D eigenvalue weighted by Gasteiger charge is -2.05. The molecule has 0 radical (unpaired) electrons. The predicted molar refractivity (Wildman–Crippen MR) is 80.5 cm³/mol. The van der Waals surface area contributed by atoms with Gasteiger partial charge in [0.15, 0.2) is 0 Å². The Morgan fingerprint density at radius 2 is 1.05 bits per heavy atom. The summed E-state index contributed by atoms with van der Waals surface area (Å²) in [5.41, 5.74) is 13.6. The van der Waals surface area contributed by atoms with Crippen LogP contribution < -0.4 is 11.5 Å². The Bertz CT molecular complexity index is 616. The van der Waals surface area contributed by atoms with Crippen molar-refractivity contribution in [2.75, 3.05) is 0 Å². The second-order valence-corrected chi connectivity index (χ2v) is 4.32.